The highest BCUT2D eigenvalue weighted by atomic mass is 35.5. The Balaban J connectivity index is 1.38. The van der Waals surface area contributed by atoms with Crippen molar-refractivity contribution in [3.05, 3.63) is 107 Å². The fraction of sp³-hybridized carbons (Fsp3) is 0.172. The quantitative estimate of drug-likeness (QED) is 0.276. The van der Waals surface area contributed by atoms with Gasteiger partial charge < -0.3 is 14.4 Å². The first-order chi connectivity index (χ1) is 17.1. The van der Waals surface area contributed by atoms with Crippen molar-refractivity contribution in [2.24, 2.45) is 0 Å². The molecule has 0 saturated carbocycles. The molecule has 174 valence electrons. The number of para-hydroxylation sites is 2. The molecule has 1 fully saturated rings. The summed E-state index contributed by atoms with van der Waals surface area (Å²) in [7, 11) is 0. The molecule has 1 aliphatic heterocycles. The third-order valence-electron chi connectivity index (χ3n) is 6.46. The first-order valence-electron chi connectivity index (χ1n) is 11.7. The third-order valence-corrected chi connectivity index (χ3v) is 6.83. The lowest BCUT2D eigenvalue weighted by atomic mass is 10.1. The number of carbonyl (C=O) groups is 1. The molecule has 1 aromatic heterocycles. The second-order valence-corrected chi connectivity index (χ2v) is 9.01. The second kappa shape index (κ2) is 10.1. The molecule has 6 heteroatoms. The van der Waals surface area contributed by atoms with Crippen molar-refractivity contribution >= 4 is 40.2 Å². The van der Waals surface area contributed by atoms with Gasteiger partial charge in [0.05, 0.1) is 0 Å². The lowest BCUT2D eigenvalue weighted by molar-refractivity contribution is -0.126. The number of halogens is 1. The fourth-order valence-electron chi connectivity index (χ4n) is 4.61. The van der Waals surface area contributed by atoms with E-state index in [-0.39, 0.29) is 11.5 Å². The van der Waals surface area contributed by atoms with Crippen LogP contribution in [0.25, 0.3) is 17.0 Å². The van der Waals surface area contributed by atoms with Crippen molar-refractivity contribution in [1.82, 2.24) is 9.47 Å². The third kappa shape index (κ3) is 4.80. The minimum atomic E-state index is -0.219. The lowest BCUT2D eigenvalue weighted by Crippen LogP contribution is -2.49. The van der Waals surface area contributed by atoms with Gasteiger partial charge in [0, 0.05) is 66.1 Å². The van der Waals surface area contributed by atoms with Gasteiger partial charge in [0.1, 0.15) is 11.6 Å². The molecule has 0 N–H and O–H groups in total. The monoisotopic (exact) mass is 480 g/mol. The van der Waals surface area contributed by atoms with Crippen LogP contribution < -0.4 is 4.90 Å². The summed E-state index contributed by atoms with van der Waals surface area (Å²) in [6.45, 7) is 3.25. The number of hydrogen-bond acceptors (Lipinski definition) is 3. The summed E-state index contributed by atoms with van der Waals surface area (Å²) in [5.41, 5.74) is 4.19. The molecule has 0 unspecified atom stereocenters. The zero-order chi connectivity index (χ0) is 24.2. The van der Waals surface area contributed by atoms with Crippen molar-refractivity contribution in [1.29, 1.82) is 5.26 Å². The van der Waals surface area contributed by atoms with Crippen LogP contribution in [0, 0.1) is 11.3 Å². The van der Waals surface area contributed by atoms with E-state index in [0.717, 1.165) is 40.8 Å². The van der Waals surface area contributed by atoms with E-state index in [2.05, 4.69) is 27.7 Å². The molecule has 0 bridgehead atoms. The Morgan fingerprint density at radius 1 is 0.914 bits per heavy atom. The molecule has 0 atom stereocenters. The molecule has 1 aliphatic rings. The van der Waals surface area contributed by atoms with E-state index in [1.165, 1.54) is 0 Å². The van der Waals surface area contributed by atoms with Crippen LogP contribution in [0.3, 0.4) is 0 Å². The Bertz CT molecular complexity index is 1430. The second-order valence-electron chi connectivity index (χ2n) is 8.61. The van der Waals surface area contributed by atoms with Crippen LogP contribution in [0.15, 0.2) is 90.6 Å². The maximum atomic E-state index is 13.2. The highest BCUT2D eigenvalue weighted by Crippen LogP contribution is 2.27. The zero-order valence-corrected chi connectivity index (χ0v) is 20.0. The molecule has 35 heavy (non-hydrogen) atoms. The molecule has 5 nitrogen and oxygen atoms in total. The number of piperazine rings is 1. The van der Waals surface area contributed by atoms with Crippen LogP contribution in [0.2, 0.25) is 5.02 Å². The van der Waals surface area contributed by atoms with Crippen molar-refractivity contribution < 1.29 is 4.79 Å². The van der Waals surface area contributed by atoms with Gasteiger partial charge in [-0.2, -0.15) is 5.26 Å². The number of fused-ring (bicyclic) bond motifs is 1. The minimum Gasteiger partial charge on any atom is -0.368 e. The van der Waals surface area contributed by atoms with Gasteiger partial charge >= 0.3 is 0 Å². The Morgan fingerprint density at radius 3 is 2.34 bits per heavy atom. The van der Waals surface area contributed by atoms with Gasteiger partial charge in [-0.1, -0.05) is 66.2 Å². The normalized spacial score (nSPS) is 14.2. The Kier molecular flexibility index (Phi) is 6.56. The smallest absolute Gasteiger partial charge is 0.264 e. The number of amides is 1. The first kappa shape index (κ1) is 22.8. The number of nitriles is 1. The molecule has 0 aliphatic carbocycles. The molecular weight excluding hydrogens is 456 g/mol. The van der Waals surface area contributed by atoms with E-state index in [1.54, 1.807) is 11.0 Å². The fourth-order valence-corrected chi connectivity index (χ4v) is 4.80. The predicted octanol–water partition coefficient (Wildman–Crippen LogP) is 5.60. The Labute approximate surface area is 210 Å². The molecule has 5 rings (SSSR count). The van der Waals surface area contributed by atoms with Gasteiger partial charge in [0.15, 0.2) is 0 Å². The van der Waals surface area contributed by atoms with Crippen molar-refractivity contribution in [2.45, 2.75) is 6.54 Å². The summed E-state index contributed by atoms with van der Waals surface area (Å²) in [5.74, 6) is -0.219. The number of aromatic nitrogens is 1. The lowest BCUT2D eigenvalue weighted by Gasteiger charge is -2.36. The molecule has 0 radical (unpaired) electrons. The molecule has 4 aromatic rings. The van der Waals surface area contributed by atoms with Crippen LogP contribution in [0.1, 0.15) is 11.1 Å². The number of rotatable bonds is 5. The Morgan fingerprint density at radius 2 is 1.60 bits per heavy atom. The van der Waals surface area contributed by atoms with Gasteiger partial charge in [-0.05, 0) is 35.9 Å². The highest BCUT2D eigenvalue weighted by Gasteiger charge is 2.24. The van der Waals surface area contributed by atoms with Crippen LogP contribution in [-0.2, 0) is 11.3 Å². The summed E-state index contributed by atoms with van der Waals surface area (Å²) in [5, 5.41) is 11.6. The van der Waals surface area contributed by atoms with Crippen molar-refractivity contribution in [2.75, 3.05) is 31.1 Å². The van der Waals surface area contributed by atoms with E-state index in [0.29, 0.717) is 24.7 Å². The number of nitrogens with zero attached hydrogens (tertiary/aromatic N) is 4. The molecule has 1 amide bonds. The average molecular weight is 481 g/mol. The maximum absolute atomic E-state index is 13.2. The van der Waals surface area contributed by atoms with E-state index < -0.39 is 0 Å². The largest absolute Gasteiger partial charge is 0.368 e. The van der Waals surface area contributed by atoms with Gasteiger partial charge in [0.2, 0.25) is 0 Å². The van der Waals surface area contributed by atoms with Crippen LogP contribution in [0.4, 0.5) is 5.69 Å². The first-order valence-corrected chi connectivity index (χ1v) is 12.0. The summed E-state index contributed by atoms with van der Waals surface area (Å²) in [4.78, 5) is 17.3. The van der Waals surface area contributed by atoms with E-state index >= 15 is 0 Å². The van der Waals surface area contributed by atoms with Gasteiger partial charge in [-0.25, -0.2) is 0 Å². The molecular formula is C29H25ClN4O. The highest BCUT2D eigenvalue weighted by molar-refractivity contribution is 6.31. The van der Waals surface area contributed by atoms with Crippen molar-refractivity contribution in [3.63, 3.8) is 0 Å². The SMILES string of the molecule is N#C/C(=C/c1cn(Cc2ccccc2Cl)c2ccccc12)C(=O)N1CCN(c2ccccc2)CC1. The molecule has 3 aromatic carbocycles. The van der Waals surface area contributed by atoms with Gasteiger partial charge in [-0.3, -0.25) is 4.79 Å². The molecule has 1 saturated heterocycles. The molecule has 0 spiro atoms. The molecule has 2 heterocycles. The average Bonchev–Trinajstić information content (AvgIpc) is 3.26. The summed E-state index contributed by atoms with van der Waals surface area (Å²) >= 11 is 6.39. The summed E-state index contributed by atoms with van der Waals surface area (Å²) < 4.78 is 2.11. The number of benzene rings is 3. The van der Waals surface area contributed by atoms with E-state index in [9.17, 15) is 10.1 Å². The van der Waals surface area contributed by atoms with Crippen LogP contribution >= 0.6 is 11.6 Å². The standard InChI is InChI=1S/C29H25ClN4O/c30-27-12-6-4-8-22(27)20-34-21-24(26-11-5-7-13-28(26)34)18-23(19-31)29(35)33-16-14-32(15-17-33)25-9-2-1-3-10-25/h1-13,18,21H,14-17,20H2/b23-18-. The minimum absolute atomic E-state index is 0.152. The van der Waals surface area contributed by atoms with E-state index in [4.69, 9.17) is 11.6 Å². The number of hydrogen-bond donors (Lipinski definition) is 0. The summed E-state index contributed by atoms with van der Waals surface area (Å²) in [6.07, 6.45) is 3.71. The van der Waals surface area contributed by atoms with Crippen LogP contribution in [-0.4, -0.2) is 41.6 Å². The topological polar surface area (TPSA) is 52.3 Å². The van der Waals surface area contributed by atoms with Gasteiger partial charge in [0.25, 0.3) is 5.91 Å². The number of anilines is 1. The number of carbonyl (C=O) groups excluding carboxylic acids is 1. The zero-order valence-electron chi connectivity index (χ0n) is 19.3. The van der Waals surface area contributed by atoms with Crippen molar-refractivity contribution in [3.8, 4) is 6.07 Å². The summed E-state index contributed by atoms with van der Waals surface area (Å²) in [6, 6.07) is 28.1. The van der Waals surface area contributed by atoms with E-state index in [1.807, 2.05) is 72.9 Å². The maximum Gasteiger partial charge on any atom is 0.264 e. The van der Waals surface area contributed by atoms with Crippen LogP contribution in [0.5, 0.6) is 0 Å². The van der Waals surface area contributed by atoms with Gasteiger partial charge in [-0.15, -0.1) is 0 Å². The Hall–Kier alpha value is -4.01. The predicted molar refractivity (Wildman–Crippen MR) is 141 cm³/mol.